The van der Waals surface area contributed by atoms with Gasteiger partial charge in [0.2, 0.25) is 0 Å². The van der Waals surface area contributed by atoms with Gasteiger partial charge in [0.15, 0.2) is 0 Å². The van der Waals surface area contributed by atoms with Crippen LogP contribution in [0.25, 0.3) is 0 Å². The summed E-state index contributed by atoms with van der Waals surface area (Å²) in [5.41, 5.74) is 0.0346. The van der Waals surface area contributed by atoms with Crippen molar-refractivity contribution in [2.24, 2.45) is 5.41 Å². The molecule has 0 N–H and O–H groups in total. The predicted octanol–water partition coefficient (Wildman–Crippen LogP) is 10.6. The summed E-state index contributed by atoms with van der Waals surface area (Å²) in [6.07, 6.45) is 10.8. The summed E-state index contributed by atoms with van der Waals surface area (Å²) in [6, 6.07) is 21.7. The quantitative estimate of drug-likeness (QED) is 0.0848. The minimum Gasteiger partial charge on any atom is -0.281 e. The zero-order valence-electron chi connectivity index (χ0n) is 38.2. The topological polar surface area (TPSA) is 119 Å². The van der Waals surface area contributed by atoms with Gasteiger partial charge in [-0.05, 0) is 35.3 Å². The molecular weight excluding hydrogens is 1010 g/mol. The van der Waals surface area contributed by atoms with Crippen LogP contribution in [0.4, 0.5) is 0 Å². The monoisotopic (exact) mass is 1080 g/mol. The van der Waals surface area contributed by atoms with Crippen LogP contribution >= 0.6 is 43.6 Å². The first-order valence-electron chi connectivity index (χ1n) is 20.0. The minimum absolute atomic E-state index is 0. The summed E-state index contributed by atoms with van der Waals surface area (Å²) in [6.45, 7) is 30.4. The number of rotatable bonds is 13. The van der Waals surface area contributed by atoms with E-state index in [1.807, 2.05) is 33.8 Å². The second-order valence-corrected chi connectivity index (χ2v) is 22.6. The second kappa shape index (κ2) is 42.5. The maximum atomic E-state index is 12.1. The Bertz CT molecular complexity index is 1640. The minimum atomic E-state index is -0.395. The molecule has 0 aromatic heterocycles. The summed E-state index contributed by atoms with van der Waals surface area (Å²) < 4.78 is 0.523. The van der Waals surface area contributed by atoms with Gasteiger partial charge < -0.3 is 0 Å². The first kappa shape index (κ1) is 69.9. The van der Waals surface area contributed by atoms with E-state index < -0.39 is 5.41 Å². The molecule has 62 heavy (non-hydrogen) atoms. The number of ketones is 1. The molecule has 15 heteroatoms. The summed E-state index contributed by atoms with van der Waals surface area (Å²) >= 11 is 0.866. The van der Waals surface area contributed by atoms with Crippen LogP contribution in [0.1, 0.15) is 101 Å². The maximum Gasteiger partial charge on any atom is 0.281 e. The number of carbonyl (C=O) groups excluding carboxylic acids is 7. The maximum absolute atomic E-state index is 12.1. The van der Waals surface area contributed by atoms with Gasteiger partial charge in [-0.3, -0.25) is 9.59 Å². The van der Waals surface area contributed by atoms with Crippen LogP contribution in [-0.4, -0.2) is 66.6 Å². The van der Waals surface area contributed by atoms with Crippen LogP contribution in [0.3, 0.4) is 0 Å². The van der Waals surface area contributed by atoms with E-state index in [1.54, 1.807) is 28.4 Å². The van der Waals surface area contributed by atoms with Gasteiger partial charge in [-0.1, -0.05) is 104 Å². The fourth-order valence-electron chi connectivity index (χ4n) is 6.85. The Kier molecular flexibility index (Phi) is 47.9. The third kappa shape index (κ3) is 20.6. The Labute approximate surface area is 405 Å². The van der Waals surface area contributed by atoms with Crippen molar-refractivity contribution in [1.82, 2.24) is 0 Å². The van der Waals surface area contributed by atoms with Gasteiger partial charge in [-0.15, -0.1) is 17.9 Å². The number of benzene rings is 2. The van der Waals surface area contributed by atoms with Crippen molar-refractivity contribution in [3.63, 3.8) is 0 Å². The number of carbonyl (C=O) groups is 2. The molecule has 2 aromatic carbocycles. The third-order valence-corrected chi connectivity index (χ3v) is 20.1. The third-order valence-electron chi connectivity index (χ3n) is 10.1. The fourth-order valence-corrected chi connectivity index (χ4v) is 14.4. The van der Waals surface area contributed by atoms with E-state index in [2.05, 4.69) is 134 Å². The van der Waals surface area contributed by atoms with E-state index in [1.165, 1.54) is 24.6 Å². The molecule has 0 spiro atoms. The van der Waals surface area contributed by atoms with Gasteiger partial charge in [-0.25, -0.2) is 0 Å². The number of hydrogen-bond donors (Lipinski definition) is 0. The molecule has 2 aromatic rings. The molecule has 2 aliphatic rings. The summed E-state index contributed by atoms with van der Waals surface area (Å²) in [5.74, 6) is 5.01. The van der Waals surface area contributed by atoms with Crippen molar-refractivity contribution in [3.8, 4) is 0 Å². The molecule has 1 saturated heterocycles. The van der Waals surface area contributed by atoms with Gasteiger partial charge in [-0.2, -0.15) is 9.90 Å². The van der Waals surface area contributed by atoms with E-state index in [0.717, 1.165) is 55.4 Å². The largest absolute Gasteiger partial charge is 0.281 e. The molecule has 0 amide bonds. The Morgan fingerprint density at radius 2 is 1.00 bits per heavy atom. The van der Waals surface area contributed by atoms with Crippen molar-refractivity contribution in [2.75, 3.05) is 24.6 Å². The molecule has 1 aliphatic heterocycles. The normalized spacial score (nSPS) is 14.1. The Hall–Kier alpha value is -1.16. The van der Waals surface area contributed by atoms with Crippen molar-refractivity contribution >= 4 is 96.1 Å². The molecule has 1 aliphatic carbocycles. The van der Waals surface area contributed by atoms with Crippen LogP contribution in [0.5, 0.6) is 0 Å². The van der Waals surface area contributed by atoms with E-state index in [4.69, 9.17) is 9.59 Å². The Morgan fingerprint density at radius 3 is 1.26 bits per heavy atom. The average molecular weight is 1080 g/mol. The van der Waals surface area contributed by atoms with E-state index in [9.17, 15) is 24.0 Å². The SMILES string of the molecule is CCP(CC)c1ccccc1.CCP(CC)c1ccccc1.CC[C]1(CC)[Ni][C](=O)C(=O)C1(CC)CC.C[CH2][Ni]([CH2]C)[C]1=CCC(=C=O)C(=C=O)C1=C=O.P.PP.[C]=O.[C]=O.[Ni]. The fraction of sp³-hybridized carbons (Fsp3) is 0.489. The Balaban J connectivity index is -0.000000224. The van der Waals surface area contributed by atoms with Crippen molar-refractivity contribution < 1.29 is 77.9 Å². The smallest absolute Gasteiger partial charge is 0.281 e. The molecule has 3 unspecified atom stereocenters. The molecule has 355 valence electrons. The molecule has 0 saturated carbocycles. The van der Waals surface area contributed by atoms with Gasteiger partial charge in [0.1, 0.15) is 0 Å². The summed E-state index contributed by atoms with van der Waals surface area (Å²) in [5, 5.41) is 4.93. The number of allylic oxidation sites excluding steroid dienone is 5. The van der Waals surface area contributed by atoms with E-state index in [-0.39, 0.29) is 87.3 Å². The van der Waals surface area contributed by atoms with Gasteiger partial charge in [0.05, 0.1) is 0 Å². The van der Waals surface area contributed by atoms with Crippen LogP contribution < -0.4 is 10.6 Å². The average Bonchev–Trinajstić information content (AvgIpc) is 3.55. The molecule has 4 radical (unpaired) electrons. The Morgan fingerprint density at radius 1 is 0.629 bits per heavy atom. The van der Waals surface area contributed by atoms with Gasteiger partial charge in [0, 0.05) is 16.5 Å². The van der Waals surface area contributed by atoms with Crippen molar-refractivity contribution in [2.45, 2.75) is 117 Å². The van der Waals surface area contributed by atoms with Crippen LogP contribution in [-0.2, 0) is 77.9 Å². The standard InChI is InChI=1S/C12H20O2.2C10H15P.C9H3O3.2C2H5.2CO.3Ni.H4P2.H3P/c1-5-10(6-2)12(7-3,8-4)11(14)9-13;2*1-3-11(4-2)10-8-6-5-7-9-10;10-4-7-2-1-3-8(5-11)9(7)6-12;4*1-2;;;;1-2;/h5-8H2,1-4H3;2*5-9H,3-4H2,1-2H3;1H,2H2;2*1H2,2H3;;;;;;1-2H2;1H3. The molecule has 0 bridgehead atoms. The molecule has 4 rings (SSSR count). The number of Topliss-reactive ketones (excluding diaryl/α,β-unsaturated/α-hetero) is 1. The van der Waals surface area contributed by atoms with Crippen molar-refractivity contribution in [3.05, 3.63) is 88.0 Å². The van der Waals surface area contributed by atoms with E-state index in [0.29, 0.717) is 6.42 Å². The molecule has 7 nitrogen and oxygen atoms in total. The predicted molar refractivity (Wildman–Crippen MR) is 268 cm³/mol. The summed E-state index contributed by atoms with van der Waals surface area (Å²) in [4.78, 5) is 71.3. The van der Waals surface area contributed by atoms with Crippen LogP contribution in [0.2, 0.25) is 15.2 Å². The van der Waals surface area contributed by atoms with E-state index >= 15 is 0 Å². The number of hydrogen-bond acceptors (Lipinski definition) is 7. The molecule has 1 heterocycles. The van der Waals surface area contributed by atoms with Crippen LogP contribution in [0, 0.1) is 5.41 Å². The summed E-state index contributed by atoms with van der Waals surface area (Å²) in [7, 11) is 4.96. The van der Waals surface area contributed by atoms with Crippen LogP contribution in [0.15, 0.2) is 88.0 Å². The molecule has 1 fully saturated rings. The molecular formula is C47H70Ni3O7P5. The van der Waals surface area contributed by atoms with Crippen molar-refractivity contribution in [1.29, 1.82) is 0 Å². The second-order valence-electron chi connectivity index (χ2n) is 12.2. The zero-order valence-corrected chi connectivity index (χ0v) is 46.7. The first-order chi connectivity index (χ1) is 29.0. The molecule has 3 atom stereocenters. The van der Waals surface area contributed by atoms with Gasteiger partial charge >= 0.3 is 202 Å². The first-order valence-corrected chi connectivity index (χ1v) is 29.0. The van der Waals surface area contributed by atoms with Gasteiger partial charge in [0.25, 0.3) is 13.6 Å². The zero-order chi connectivity index (χ0) is 46.7.